The Labute approximate surface area is 132 Å². The van der Waals surface area contributed by atoms with Crippen LogP contribution in [-0.2, 0) is 0 Å². The zero-order chi connectivity index (χ0) is 10.8. The molecule has 0 bridgehead atoms. The fraction of sp³-hybridized carbons (Fsp3) is 0.143. The van der Waals surface area contributed by atoms with E-state index in [9.17, 15) is 17.3 Å². The summed E-state index contributed by atoms with van der Waals surface area (Å²) in [6.07, 6.45) is 0. The van der Waals surface area contributed by atoms with Crippen molar-refractivity contribution in [3.63, 3.8) is 0 Å². The van der Waals surface area contributed by atoms with Crippen molar-refractivity contribution in [1.82, 2.24) is 0 Å². The first-order valence-electron chi connectivity index (χ1n) is 3.68. The molecule has 0 heterocycles. The first-order chi connectivity index (χ1) is 6.40. The van der Waals surface area contributed by atoms with Crippen molar-refractivity contribution in [2.75, 3.05) is 6.51 Å². The average Bonchev–Trinajstić information content (AvgIpc) is 2.06. The molecule has 78 valence electrons. The normalized spacial score (nSPS) is 10.7. The third-order valence-corrected chi connectivity index (χ3v) is 1.64. The number of hydrogen-bond acceptors (Lipinski definition) is 1. The summed E-state index contributed by atoms with van der Waals surface area (Å²) in [5, 5.41) is -0.267. The molecule has 0 aliphatic rings. The van der Waals surface area contributed by atoms with Crippen molar-refractivity contribution in [3.05, 3.63) is 29.0 Å². The summed E-state index contributed by atoms with van der Waals surface area (Å²) in [5.74, 6) is -1.47. The summed E-state index contributed by atoms with van der Waals surface area (Å²) >= 11 is 5.33. The van der Waals surface area contributed by atoms with Gasteiger partial charge in [0, 0.05) is 0 Å². The van der Waals surface area contributed by atoms with E-state index in [0.717, 1.165) is 6.07 Å². The number of hydrogen-bond donors (Lipinski definition) is 0. The Morgan fingerprint density at radius 3 is 2.40 bits per heavy atom. The number of benzene rings is 1. The van der Waals surface area contributed by atoms with Crippen LogP contribution in [0.15, 0.2) is 18.2 Å². The van der Waals surface area contributed by atoms with Gasteiger partial charge >= 0.3 is 58.4 Å². The third-order valence-electron chi connectivity index (χ3n) is 1.34. The molecule has 0 aromatic heterocycles. The molecule has 0 atom stereocenters. The van der Waals surface area contributed by atoms with Crippen molar-refractivity contribution < 1.29 is 73.5 Å². The van der Waals surface area contributed by atoms with E-state index >= 15 is 0 Å². The Morgan fingerprint density at radius 2 is 1.87 bits per heavy atom. The van der Waals surface area contributed by atoms with Crippen LogP contribution < -0.4 is 56.1 Å². The van der Waals surface area contributed by atoms with Crippen molar-refractivity contribution in [3.8, 4) is 5.75 Å². The van der Waals surface area contributed by atoms with Crippen LogP contribution in [0.2, 0.25) is 5.02 Å². The molecule has 8 heteroatoms. The summed E-state index contributed by atoms with van der Waals surface area (Å²) in [5.41, 5.74) is 0. The quantitative estimate of drug-likeness (QED) is 0.563. The Morgan fingerprint density at radius 1 is 1.27 bits per heavy atom. The molecular formula is C7H5BClF4KO. The van der Waals surface area contributed by atoms with Gasteiger partial charge in [-0.2, -0.15) is 0 Å². The van der Waals surface area contributed by atoms with Crippen LogP contribution in [0.3, 0.4) is 0 Å². The van der Waals surface area contributed by atoms with Crippen LogP contribution in [0.1, 0.15) is 0 Å². The molecule has 0 radical (unpaired) electrons. The van der Waals surface area contributed by atoms with Crippen LogP contribution >= 0.6 is 11.6 Å². The van der Waals surface area contributed by atoms with Crippen molar-refractivity contribution in [2.45, 2.75) is 0 Å². The Hall–Kier alpha value is 0.731. The Bertz CT molecular complexity index is 333. The van der Waals surface area contributed by atoms with Crippen molar-refractivity contribution in [1.29, 1.82) is 0 Å². The largest absolute Gasteiger partial charge is 1.00 e. The van der Waals surface area contributed by atoms with E-state index in [0.29, 0.717) is 0 Å². The van der Waals surface area contributed by atoms with Gasteiger partial charge < -0.3 is 17.7 Å². The molecule has 0 amide bonds. The SMILES string of the molecule is Fc1c(Cl)cccc1OC[B-](F)(F)F.[K+]. The van der Waals surface area contributed by atoms with E-state index in [1.807, 2.05) is 0 Å². The summed E-state index contributed by atoms with van der Waals surface area (Å²) < 4.78 is 52.5. The van der Waals surface area contributed by atoms with Gasteiger partial charge in [-0.25, -0.2) is 4.39 Å². The van der Waals surface area contributed by atoms with Gasteiger partial charge in [0.25, 0.3) is 0 Å². The predicted molar refractivity (Wildman–Crippen MR) is 46.0 cm³/mol. The topological polar surface area (TPSA) is 9.23 Å². The average molecular weight is 266 g/mol. The van der Waals surface area contributed by atoms with Crippen LogP contribution in [0, 0.1) is 5.82 Å². The van der Waals surface area contributed by atoms with E-state index < -0.39 is 25.1 Å². The number of rotatable bonds is 3. The monoisotopic (exact) mass is 266 g/mol. The summed E-state index contributed by atoms with van der Waals surface area (Å²) in [6.45, 7) is -6.56. The first-order valence-corrected chi connectivity index (χ1v) is 4.06. The summed E-state index contributed by atoms with van der Waals surface area (Å²) in [4.78, 5) is 0. The fourth-order valence-corrected chi connectivity index (χ4v) is 0.946. The van der Waals surface area contributed by atoms with Gasteiger partial charge in [-0.1, -0.05) is 17.7 Å². The molecule has 0 fully saturated rings. The van der Waals surface area contributed by atoms with Crippen LogP contribution in [0.25, 0.3) is 0 Å². The molecular weight excluding hydrogens is 261 g/mol. The van der Waals surface area contributed by atoms with E-state index in [-0.39, 0.29) is 56.4 Å². The van der Waals surface area contributed by atoms with E-state index in [1.54, 1.807) is 0 Å². The second-order valence-corrected chi connectivity index (χ2v) is 2.98. The van der Waals surface area contributed by atoms with Gasteiger partial charge in [0.05, 0.1) is 11.5 Å². The zero-order valence-electron chi connectivity index (χ0n) is 7.81. The minimum absolute atomic E-state index is 0. The zero-order valence-corrected chi connectivity index (χ0v) is 11.7. The van der Waals surface area contributed by atoms with E-state index in [1.165, 1.54) is 12.1 Å². The molecule has 1 rings (SSSR count). The van der Waals surface area contributed by atoms with Gasteiger partial charge in [0.1, 0.15) is 0 Å². The van der Waals surface area contributed by atoms with Crippen molar-refractivity contribution in [2.24, 2.45) is 0 Å². The molecule has 0 saturated heterocycles. The molecule has 15 heavy (non-hydrogen) atoms. The summed E-state index contributed by atoms with van der Waals surface area (Å²) in [7, 11) is 0. The minimum atomic E-state index is -5.09. The first kappa shape index (κ1) is 15.7. The van der Waals surface area contributed by atoms with Gasteiger partial charge in [-0.15, -0.1) is 0 Å². The Kier molecular flexibility index (Phi) is 6.78. The molecule has 0 aliphatic carbocycles. The smallest absolute Gasteiger partial charge is 0.519 e. The molecule has 1 aromatic rings. The van der Waals surface area contributed by atoms with Crippen LogP contribution in [0.5, 0.6) is 5.75 Å². The molecule has 0 N–H and O–H groups in total. The molecule has 0 spiro atoms. The van der Waals surface area contributed by atoms with Gasteiger partial charge in [0.2, 0.25) is 0 Å². The Balaban J connectivity index is 0.00000196. The number of halogens is 5. The number of ether oxygens (including phenoxy) is 1. The molecule has 0 aliphatic heterocycles. The van der Waals surface area contributed by atoms with E-state index in [4.69, 9.17) is 11.6 Å². The maximum Gasteiger partial charge on any atom is 1.00 e. The van der Waals surface area contributed by atoms with Crippen LogP contribution in [-0.4, -0.2) is 13.5 Å². The second-order valence-electron chi connectivity index (χ2n) is 2.57. The maximum atomic E-state index is 13.0. The molecule has 0 unspecified atom stereocenters. The minimum Gasteiger partial charge on any atom is -0.519 e. The maximum absolute atomic E-state index is 13.0. The standard InChI is InChI=1S/C7H5BClF4O.K/c9-5-2-1-3-6(7(5)10)14-4-8(11,12)13;/h1-3H,4H2;/q-1;+1. The summed E-state index contributed by atoms with van der Waals surface area (Å²) in [6, 6.07) is 3.62. The fourth-order valence-electron chi connectivity index (χ4n) is 0.780. The van der Waals surface area contributed by atoms with Gasteiger partial charge in [-0.05, 0) is 12.1 Å². The van der Waals surface area contributed by atoms with Gasteiger partial charge in [0.15, 0.2) is 11.6 Å². The molecule has 0 saturated carbocycles. The molecule has 1 nitrogen and oxygen atoms in total. The molecule has 1 aromatic carbocycles. The van der Waals surface area contributed by atoms with Crippen molar-refractivity contribution >= 4 is 18.6 Å². The van der Waals surface area contributed by atoms with E-state index in [2.05, 4.69) is 4.74 Å². The predicted octanol–water partition coefficient (Wildman–Crippen LogP) is 0.248. The third kappa shape index (κ3) is 5.56. The second kappa shape index (κ2) is 6.46. The van der Waals surface area contributed by atoms with Crippen LogP contribution in [0.4, 0.5) is 17.3 Å². The van der Waals surface area contributed by atoms with Gasteiger partial charge in [-0.3, -0.25) is 0 Å².